The van der Waals surface area contributed by atoms with Gasteiger partial charge in [0.2, 0.25) is 0 Å². The van der Waals surface area contributed by atoms with Gasteiger partial charge in [-0.15, -0.1) is 0 Å². The molecule has 0 atom stereocenters. The summed E-state index contributed by atoms with van der Waals surface area (Å²) in [7, 11) is 0. The molecule has 4 nitrogen and oxygen atoms in total. The lowest BCUT2D eigenvalue weighted by atomic mass is 9.92. The fourth-order valence-electron chi connectivity index (χ4n) is 2.40. The Labute approximate surface area is 144 Å². The zero-order valence-electron chi connectivity index (χ0n) is 14.5. The highest BCUT2D eigenvalue weighted by molar-refractivity contribution is 5.95. The SMILES string of the molecule is CCc1cc(C(=O)NC(C)(C)c2cccc(C(F)(F)F)c2)c(C)nn1. The molecule has 1 N–H and O–H groups in total. The zero-order chi connectivity index (χ0) is 18.8. The summed E-state index contributed by atoms with van der Waals surface area (Å²) < 4.78 is 38.8. The number of hydrogen-bond donors (Lipinski definition) is 1. The van der Waals surface area contributed by atoms with Crippen LogP contribution in [0.4, 0.5) is 13.2 Å². The summed E-state index contributed by atoms with van der Waals surface area (Å²) in [6, 6.07) is 6.60. The van der Waals surface area contributed by atoms with Crippen molar-refractivity contribution in [3.63, 3.8) is 0 Å². The molecule has 1 aromatic carbocycles. The first kappa shape index (κ1) is 18.9. The molecule has 1 amide bonds. The van der Waals surface area contributed by atoms with Gasteiger partial charge in [-0.2, -0.15) is 23.4 Å². The van der Waals surface area contributed by atoms with Crippen molar-refractivity contribution in [1.29, 1.82) is 0 Å². The van der Waals surface area contributed by atoms with Gasteiger partial charge in [0.1, 0.15) is 0 Å². The fourth-order valence-corrected chi connectivity index (χ4v) is 2.40. The Hall–Kier alpha value is -2.44. The molecular formula is C18H20F3N3O. The van der Waals surface area contributed by atoms with Gasteiger partial charge in [0.15, 0.2) is 0 Å². The molecule has 0 aliphatic heterocycles. The standard InChI is InChI=1S/C18H20F3N3O/c1-5-14-10-15(11(2)23-24-14)16(25)22-17(3,4)12-7-6-8-13(9-12)18(19,20)21/h6-10H,5H2,1-4H3,(H,22,25). The smallest absolute Gasteiger partial charge is 0.343 e. The monoisotopic (exact) mass is 351 g/mol. The van der Waals surface area contributed by atoms with Crippen LogP contribution in [-0.4, -0.2) is 16.1 Å². The highest BCUT2D eigenvalue weighted by Gasteiger charge is 2.32. The number of hydrogen-bond acceptors (Lipinski definition) is 3. The van der Waals surface area contributed by atoms with Crippen LogP contribution < -0.4 is 5.32 Å². The lowest BCUT2D eigenvalue weighted by Gasteiger charge is -2.28. The Balaban J connectivity index is 2.31. The molecule has 0 saturated heterocycles. The molecule has 0 aliphatic rings. The first-order valence-corrected chi connectivity index (χ1v) is 7.88. The molecule has 0 fully saturated rings. The highest BCUT2D eigenvalue weighted by Crippen LogP contribution is 2.32. The average molecular weight is 351 g/mol. The van der Waals surface area contributed by atoms with Crippen molar-refractivity contribution < 1.29 is 18.0 Å². The molecule has 0 radical (unpaired) electrons. The Bertz CT molecular complexity index is 785. The Morgan fingerprint density at radius 3 is 2.36 bits per heavy atom. The number of halogens is 3. The van der Waals surface area contributed by atoms with E-state index in [1.54, 1.807) is 32.9 Å². The molecule has 2 rings (SSSR count). The molecule has 25 heavy (non-hydrogen) atoms. The van der Waals surface area contributed by atoms with Gasteiger partial charge in [0.25, 0.3) is 5.91 Å². The van der Waals surface area contributed by atoms with Crippen LogP contribution in [0.2, 0.25) is 0 Å². The van der Waals surface area contributed by atoms with Gasteiger partial charge in [0.05, 0.1) is 28.1 Å². The van der Waals surface area contributed by atoms with Crippen LogP contribution in [0.3, 0.4) is 0 Å². The van der Waals surface area contributed by atoms with Crippen molar-refractivity contribution >= 4 is 5.91 Å². The van der Waals surface area contributed by atoms with Crippen LogP contribution in [0.5, 0.6) is 0 Å². The largest absolute Gasteiger partial charge is 0.416 e. The summed E-state index contributed by atoms with van der Waals surface area (Å²) in [5.41, 5.74) is 0.142. The molecule has 0 spiro atoms. The van der Waals surface area contributed by atoms with Gasteiger partial charge in [-0.3, -0.25) is 4.79 Å². The first-order valence-electron chi connectivity index (χ1n) is 7.88. The van der Waals surface area contributed by atoms with Crippen molar-refractivity contribution in [2.24, 2.45) is 0 Å². The lowest BCUT2D eigenvalue weighted by molar-refractivity contribution is -0.137. The van der Waals surface area contributed by atoms with Crippen LogP contribution in [0.15, 0.2) is 30.3 Å². The van der Waals surface area contributed by atoms with E-state index in [-0.39, 0.29) is 0 Å². The molecule has 0 bridgehead atoms. The maximum atomic E-state index is 12.9. The Morgan fingerprint density at radius 2 is 1.76 bits per heavy atom. The van der Waals surface area contributed by atoms with E-state index >= 15 is 0 Å². The molecular weight excluding hydrogens is 331 g/mol. The Morgan fingerprint density at radius 1 is 1.12 bits per heavy atom. The molecule has 2 aromatic rings. The molecule has 1 heterocycles. The number of alkyl halides is 3. The van der Waals surface area contributed by atoms with Gasteiger partial charge >= 0.3 is 6.18 Å². The summed E-state index contributed by atoms with van der Waals surface area (Å²) in [4.78, 5) is 12.6. The van der Waals surface area contributed by atoms with Crippen LogP contribution in [0.25, 0.3) is 0 Å². The van der Waals surface area contributed by atoms with Gasteiger partial charge in [0, 0.05) is 0 Å². The van der Waals surface area contributed by atoms with Crippen molar-refractivity contribution in [3.05, 3.63) is 58.4 Å². The molecule has 0 saturated carbocycles. The second kappa shape index (κ2) is 6.82. The molecule has 0 unspecified atom stereocenters. The van der Waals surface area contributed by atoms with Crippen LogP contribution >= 0.6 is 0 Å². The lowest BCUT2D eigenvalue weighted by Crippen LogP contribution is -2.41. The van der Waals surface area contributed by atoms with E-state index in [1.165, 1.54) is 6.07 Å². The molecule has 134 valence electrons. The van der Waals surface area contributed by atoms with Crippen molar-refractivity contribution in [1.82, 2.24) is 15.5 Å². The van der Waals surface area contributed by atoms with Gasteiger partial charge in [-0.05, 0) is 51.0 Å². The third kappa shape index (κ3) is 4.35. The number of nitrogens with zero attached hydrogens (tertiary/aromatic N) is 2. The third-order valence-corrected chi connectivity index (χ3v) is 3.97. The second-order valence-corrected chi connectivity index (χ2v) is 6.35. The molecule has 1 aromatic heterocycles. The number of rotatable bonds is 4. The minimum atomic E-state index is -4.43. The van der Waals surface area contributed by atoms with Crippen LogP contribution in [-0.2, 0) is 18.1 Å². The maximum Gasteiger partial charge on any atom is 0.416 e. The maximum absolute atomic E-state index is 12.9. The van der Waals surface area contributed by atoms with E-state index in [9.17, 15) is 18.0 Å². The van der Waals surface area contributed by atoms with E-state index in [2.05, 4.69) is 15.5 Å². The van der Waals surface area contributed by atoms with E-state index in [1.807, 2.05) is 6.92 Å². The van der Waals surface area contributed by atoms with E-state index in [0.29, 0.717) is 28.9 Å². The number of amides is 1. The number of carbonyl (C=O) groups is 1. The van der Waals surface area contributed by atoms with Gasteiger partial charge in [-0.25, -0.2) is 0 Å². The molecule has 0 aliphatic carbocycles. The van der Waals surface area contributed by atoms with E-state index < -0.39 is 23.2 Å². The van der Waals surface area contributed by atoms with Gasteiger partial charge in [-0.1, -0.05) is 19.1 Å². The number of aryl methyl sites for hydroxylation is 2. The van der Waals surface area contributed by atoms with Crippen molar-refractivity contribution in [3.8, 4) is 0 Å². The topological polar surface area (TPSA) is 54.9 Å². The molecule has 7 heteroatoms. The highest BCUT2D eigenvalue weighted by atomic mass is 19.4. The van der Waals surface area contributed by atoms with Gasteiger partial charge < -0.3 is 5.32 Å². The van der Waals surface area contributed by atoms with Crippen molar-refractivity contribution in [2.45, 2.75) is 45.8 Å². The quantitative estimate of drug-likeness (QED) is 0.905. The minimum absolute atomic E-state index is 0.367. The summed E-state index contributed by atoms with van der Waals surface area (Å²) in [5.74, 6) is -0.399. The summed E-state index contributed by atoms with van der Waals surface area (Å²) in [6.45, 7) is 6.88. The fraction of sp³-hybridized carbons (Fsp3) is 0.389. The van der Waals surface area contributed by atoms with E-state index in [4.69, 9.17) is 0 Å². The minimum Gasteiger partial charge on any atom is -0.343 e. The van der Waals surface area contributed by atoms with E-state index in [0.717, 1.165) is 12.1 Å². The van der Waals surface area contributed by atoms with Crippen LogP contribution in [0, 0.1) is 6.92 Å². The number of carbonyl (C=O) groups excluding carboxylic acids is 1. The Kier molecular flexibility index (Phi) is 5.15. The predicted molar refractivity (Wildman–Crippen MR) is 88.1 cm³/mol. The number of aromatic nitrogens is 2. The summed E-state index contributed by atoms with van der Waals surface area (Å²) in [6.07, 6.45) is -3.80. The second-order valence-electron chi connectivity index (χ2n) is 6.35. The average Bonchev–Trinajstić information content (AvgIpc) is 2.54. The predicted octanol–water partition coefficient (Wildman–Crippen LogP) is 4.03. The zero-order valence-corrected chi connectivity index (χ0v) is 14.5. The number of nitrogens with one attached hydrogen (secondary N) is 1. The van der Waals surface area contributed by atoms with Crippen molar-refractivity contribution in [2.75, 3.05) is 0 Å². The normalized spacial score (nSPS) is 12.1. The number of benzene rings is 1. The summed E-state index contributed by atoms with van der Waals surface area (Å²) >= 11 is 0. The first-order chi connectivity index (χ1) is 11.5. The summed E-state index contributed by atoms with van der Waals surface area (Å²) in [5, 5.41) is 10.7. The third-order valence-electron chi connectivity index (χ3n) is 3.97. The van der Waals surface area contributed by atoms with Crippen LogP contribution in [0.1, 0.15) is 53.6 Å².